The number of ether oxygens (including phenoxy) is 1. The smallest absolute Gasteiger partial charge is 0.141 e. The maximum absolute atomic E-state index is 5.93. The zero-order valence-electron chi connectivity index (χ0n) is 9.86. The van der Waals surface area contributed by atoms with Gasteiger partial charge in [-0.2, -0.15) is 0 Å². The zero-order chi connectivity index (χ0) is 13.1. The van der Waals surface area contributed by atoms with Crippen molar-refractivity contribution >= 4 is 31.9 Å². The monoisotopic (exact) mass is 369 g/mol. The first kappa shape index (κ1) is 13.6. The van der Waals surface area contributed by atoms with E-state index < -0.39 is 0 Å². The van der Waals surface area contributed by atoms with Crippen molar-refractivity contribution in [3.05, 3.63) is 57.0 Å². The summed E-state index contributed by atoms with van der Waals surface area (Å²) < 4.78 is 7.81. The van der Waals surface area contributed by atoms with E-state index in [4.69, 9.17) is 10.5 Å². The highest BCUT2D eigenvalue weighted by Crippen LogP contribution is 2.34. The second-order valence-electron chi connectivity index (χ2n) is 4.00. The van der Waals surface area contributed by atoms with Crippen LogP contribution in [0.5, 0.6) is 11.5 Å². The van der Waals surface area contributed by atoms with Crippen LogP contribution in [0.3, 0.4) is 0 Å². The summed E-state index contributed by atoms with van der Waals surface area (Å²) in [6.45, 7) is 1.94. The first-order valence-electron chi connectivity index (χ1n) is 5.55. The summed E-state index contributed by atoms with van der Waals surface area (Å²) in [5.41, 5.74) is 6.92. The van der Waals surface area contributed by atoms with Crippen LogP contribution in [0.4, 0.5) is 0 Å². The van der Waals surface area contributed by atoms with E-state index in [1.807, 2.05) is 49.4 Å². The van der Waals surface area contributed by atoms with Crippen LogP contribution in [-0.2, 0) is 0 Å². The Morgan fingerprint density at radius 2 is 1.78 bits per heavy atom. The van der Waals surface area contributed by atoms with Gasteiger partial charge in [0.2, 0.25) is 0 Å². The summed E-state index contributed by atoms with van der Waals surface area (Å²) in [7, 11) is 0. The third kappa shape index (κ3) is 3.13. The van der Waals surface area contributed by atoms with Gasteiger partial charge in [-0.3, -0.25) is 0 Å². The molecule has 0 amide bonds. The minimum absolute atomic E-state index is 0.0598. The standard InChI is InChI=1S/C14H13Br2NO/c1-9(17)11-4-2-3-5-13(11)18-14-7-6-10(15)8-12(14)16/h2-9H,17H2,1H3/t9-/m0/s1. The molecule has 0 aromatic heterocycles. The SMILES string of the molecule is C[C@H](N)c1ccccc1Oc1ccc(Br)cc1Br. The van der Waals surface area contributed by atoms with Gasteiger partial charge in [-0.1, -0.05) is 34.1 Å². The van der Waals surface area contributed by atoms with Crippen LogP contribution in [0.1, 0.15) is 18.5 Å². The third-order valence-electron chi connectivity index (χ3n) is 2.52. The van der Waals surface area contributed by atoms with Crippen LogP contribution < -0.4 is 10.5 Å². The Bertz CT molecular complexity index is 555. The zero-order valence-corrected chi connectivity index (χ0v) is 13.0. The lowest BCUT2D eigenvalue weighted by molar-refractivity contribution is 0.469. The van der Waals surface area contributed by atoms with Crippen molar-refractivity contribution in [1.82, 2.24) is 0 Å². The summed E-state index contributed by atoms with van der Waals surface area (Å²) in [5, 5.41) is 0. The molecule has 94 valence electrons. The Balaban J connectivity index is 2.34. The summed E-state index contributed by atoms with van der Waals surface area (Å²) in [6.07, 6.45) is 0. The molecule has 2 rings (SSSR count). The van der Waals surface area contributed by atoms with E-state index in [0.29, 0.717) is 0 Å². The van der Waals surface area contributed by atoms with Crippen LogP contribution in [-0.4, -0.2) is 0 Å². The number of hydrogen-bond acceptors (Lipinski definition) is 2. The van der Waals surface area contributed by atoms with E-state index in [1.165, 1.54) is 0 Å². The highest BCUT2D eigenvalue weighted by molar-refractivity contribution is 9.11. The maximum Gasteiger partial charge on any atom is 0.141 e. The molecule has 0 aliphatic heterocycles. The lowest BCUT2D eigenvalue weighted by Crippen LogP contribution is -2.06. The fourth-order valence-corrected chi connectivity index (χ4v) is 2.75. The molecule has 2 N–H and O–H groups in total. The molecule has 2 aromatic rings. The predicted octanol–water partition coefficient (Wildman–Crippen LogP) is 5.02. The molecule has 4 heteroatoms. The minimum Gasteiger partial charge on any atom is -0.456 e. The van der Waals surface area contributed by atoms with Crippen LogP contribution in [0.15, 0.2) is 51.4 Å². The Hall–Kier alpha value is -0.840. The van der Waals surface area contributed by atoms with Gasteiger partial charge in [0.1, 0.15) is 11.5 Å². The van der Waals surface area contributed by atoms with E-state index in [2.05, 4.69) is 31.9 Å². The Morgan fingerprint density at radius 1 is 1.06 bits per heavy atom. The third-order valence-corrected chi connectivity index (χ3v) is 3.64. The van der Waals surface area contributed by atoms with Gasteiger partial charge in [0.25, 0.3) is 0 Å². The predicted molar refractivity (Wildman–Crippen MR) is 81.0 cm³/mol. The summed E-state index contributed by atoms with van der Waals surface area (Å²) in [5.74, 6) is 1.56. The fourth-order valence-electron chi connectivity index (χ4n) is 1.63. The van der Waals surface area contributed by atoms with E-state index in [9.17, 15) is 0 Å². The molecule has 0 bridgehead atoms. The molecule has 0 unspecified atom stereocenters. The van der Waals surface area contributed by atoms with E-state index in [-0.39, 0.29) is 6.04 Å². The number of rotatable bonds is 3. The first-order valence-corrected chi connectivity index (χ1v) is 7.14. The molecule has 0 aliphatic carbocycles. The number of halogens is 2. The molecule has 18 heavy (non-hydrogen) atoms. The van der Waals surface area contributed by atoms with Crippen molar-refractivity contribution in [1.29, 1.82) is 0 Å². The van der Waals surface area contributed by atoms with Crippen molar-refractivity contribution in [3.63, 3.8) is 0 Å². The summed E-state index contributed by atoms with van der Waals surface area (Å²) in [6, 6.07) is 13.5. The average molecular weight is 371 g/mol. The van der Waals surface area contributed by atoms with Gasteiger partial charge in [-0.25, -0.2) is 0 Å². The molecule has 0 aliphatic rings. The van der Waals surface area contributed by atoms with Crippen molar-refractivity contribution in [2.45, 2.75) is 13.0 Å². The van der Waals surface area contributed by atoms with Crippen LogP contribution >= 0.6 is 31.9 Å². The molecule has 2 nitrogen and oxygen atoms in total. The number of benzene rings is 2. The van der Waals surface area contributed by atoms with Crippen LogP contribution in [0.25, 0.3) is 0 Å². The second kappa shape index (κ2) is 5.87. The average Bonchev–Trinajstić information content (AvgIpc) is 2.33. The maximum atomic E-state index is 5.93. The molecule has 2 aromatic carbocycles. The lowest BCUT2D eigenvalue weighted by atomic mass is 10.1. The molecular formula is C14H13Br2NO. The molecule has 1 atom stereocenters. The Morgan fingerprint density at radius 3 is 2.44 bits per heavy atom. The van der Waals surface area contributed by atoms with Crippen molar-refractivity contribution < 1.29 is 4.74 Å². The number of para-hydroxylation sites is 1. The van der Waals surface area contributed by atoms with Crippen LogP contribution in [0, 0.1) is 0 Å². The van der Waals surface area contributed by atoms with Gasteiger partial charge in [0.15, 0.2) is 0 Å². The number of nitrogens with two attached hydrogens (primary N) is 1. The molecule has 0 radical (unpaired) electrons. The van der Waals surface area contributed by atoms with Gasteiger partial charge in [-0.15, -0.1) is 0 Å². The van der Waals surface area contributed by atoms with Gasteiger partial charge in [0.05, 0.1) is 4.47 Å². The molecule has 0 fully saturated rings. The van der Waals surface area contributed by atoms with Crippen molar-refractivity contribution in [2.75, 3.05) is 0 Å². The van der Waals surface area contributed by atoms with Gasteiger partial charge >= 0.3 is 0 Å². The molecule has 0 saturated heterocycles. The van der Waals surface area contributed by atoms with Crippen molar-refractivity contribution in [2.24, 2.45) is 5.73 Å². The van der Waals surface area contributed by atoms with E-state index in [1.54, 1.807) is 0 Å². The van der Waals surface area contributed by atoms with E-state index >= 15 is 0 Å². The van der Waals surface area contributed by atoms with Gasteiger partial charge in [-0.05, 0) is 47.1 Å². The number of hydrogen-bond donors (Lipinski definition) is 1. The topological polar surface area (TPSA) is 35.2 Å². The fraction of sp³-hybridized carbons (Fsp3) is 0.143. The highest BCUT2D eigenvalue weighted by Gasteiger charge is 2.09. The molecule has 0 heterocycles. The van der Waals surface area contributed by atoms with Gasteiger partial charge in [0, 0.05) is 16.1 Å². The van der Waals surface area contributed by atoms with Crippen molar-refractivity contribution in [3.8, 4) is 11.5 Å². The largest absolute Gasteiger partial charge is 0.456 e. The molecular weight excluding hydrogens is 358 g/mol. The first-order chi connectivity index (χ1) is 8.58. The molecule has 0 saturated carbocycles. The quantitative estimate of drug-likeness (QED) is 0.822. The van der Waals surface area contributed by atoms with Gasteiger partial charge < -0.3 is 10.5 Å². The summed E-state index contributed by atoms with van der Waals surface area (Å²) in [4.78, 5) is 0. The summed E-state index contributed by atoms with van der Waals surface area (Å²) >= 11 is 6.89. The van der Waals surface area contributed by atoms with Crippen LogP contribution in [0.2, 0.25) is 0 Å². The molecule has 0 spiro atoms. The highest BCUT2D eigenvalue weighted by atomic mass is 79.9. The Labute approximate surface area is 123 Å². The Kier molecular flexibility index (Phi) is 4.43. The second-order valence-corrected chi connectivity index (χ2v) is 5.77. The normalized spacial score (nSPS) is 12.2. The lowest BCUT2D eigenvalue weighted by Gasteiger charge is -2.14. The van der Waals surface area contributed by atoms with E-state index in [0.717, 1.165) is 26.0 Å². The minimum atomic E-state index is -0.0598.